The molecule has 1 aliphatic rings. The van der Waals surface area contributed by atoms with Crippen molar-refractivity contribution in [2.75, 3.05) is 27.4 Å². The summed E-state index contributed by atoms with van der Waals surface area (Å²) < 4.78 is 28.8. The number of urea groups is 1. The Hall–Kier alpha value is -4.46. The molecule has 0 aliphatic carbocycles. The molecule has 4 rings (SSSR count). The number of ether oxygens (including phenoxy) is 5. The van der Waals surface area contributed by atoms with Gasteiger partial charge in [-0.3, -0.25) is 5.43 Å². The first-order chi connectivity index (χ1) is 22.1. The monoisotopic (exact) mass is 716 g/mol. The van der Waals surface area contributed by atoms with Crippen molar-refractivity contribution in [2.24, 2.45) is 5.10 Å². The highest BCUT2D eigenvalue weighted by Crippen LogP contribution is 2.36. The zero-order valence-electron chi connectivity index (χ0n) is 25.6. The Labute approximate surface area is 279 Å². The number of aliphatic hydroxyl groups is 1. The van der Waals surface area contributed by atoms with Crippen molar-refractivity contribution in [3.63, 3.8) is 0 Å². The number of amides is 2. The van der Waals surface area contributed by atoms with Crippen molar-refractivity contribution in [2.45, 2.75) is 32.7 Å². The number of halogens is 2. The minimum Gasteiger partial charge on any atom is -0.493 e. The largest absolute Gasteiger partial charge is 0.493 e. The van der Waals surface area contributed by atoms with Gasteiger partial charge in [-0.25, -0.2) is 9.59 Å². The second kappa shape index (κ2) is 16.2. The summed E-state index contributed by atoms with van der Waals surface area (Å²) in [6.07, 6.45) is 0.293. The van der Waals surface area contributed by atoms with E-state index < -0.39 is 24.3 Å². The molecule has 12 nitrogen and oxygen atoms in total. The molecular weight excluding hydrogens is 684 g/mol. The number of methoxy groups -OCH3 is 2. The van der Waals surface area contributed by atoms with E-state index in [1.807, 2.05) is 25.1 Å². The van der Waals surface area contributed by atoms with Gasteiger partial charge in [-0.05, 0) is 61.4 Å². The Morgan fingerprint density at radius 2 is 1.91 bits per heavy atom. The quantitative estimate of drug-likeness (QED) is 0.0764. The second-order valence-corrected chi connectivity index (χ2v) is 11.2. The number of esters is 1. The van der Waals surface area contributed by atoms with Gasteiger partial charge in [0.1, 0.15) is 13.2 Å². The fourth-order valence-corrected chi connectivity index (χ4v) is 5.26. The molecule has 0 saturated heterocycles. The molecule has 0 fully saturated rings. The fraction of sp³-hybridized carbons (Fsp3) is 0.281. The summed E-state index contributed by atoms with van der Waals surface area (Å²) in [5.74, 6) is 1.05. The minimum absolute atomic E-state index is 0.187. The van der Waals surface area contributed by atoms with Crippen LogP contribution in [-0.2, 0) is 16.1 Å². The highest BCUT2D eigenvalue weighted by molar-refractivity contribution is 9.10. The summed E-state index contributed by atoms with van der Waals surface area (Å²) in [4.78, 5) is 24.7. The maximum absolute atomic E-state index is 12.5. The predicted molar refractivity (Wildman–Crippen MR) is 175 cm³/mol. The van der Waals surface area contributed by atoms with Gasteiger partial charge in [0, 0.05) is 20.8 Å². The summed E-state index contributed by atoms with van der Waals surface area (Å²) in [6.45, 7) is 3.81. The molecular formula is C32H34BrClN4O8. The van der Waals surface area contributed by atoms with Crippen molar-refractivity contribution in [1.29, 1.82) is 0 Å². The third-order valence-corrected chi connectivity index (χ3v) is 7.33. The number of rotatable bonds is 14. The molecule has 4 N–H and O–H groups in total. The van der Waals surface area contributed by atoms with Crippen LogP contribution in [0.15, 0.2) is 75.4 Å². The molecule has 0 bridgehead atoms. The SMILES string of the molecule is CCOc1cc([C@H]2NC(=O)NC(C)=C2C(=O)OC)ccc1OC[C@@H](O)N/N=C/c1cc(Br)cc(OC)c1OCc1cccc(Cl)c1. The van der Waals surface area contributed by atoms with E-state index in [4.69, 9.17) is 35.3 Å². The number of carbonyl (C=O) groups excluding carboxylic acids is 2. The molecule has 0 aromatic heterocycles. The van der Waals surface area contributed by atoms with Crippen LogP contribution in [0.1, 0.15) is 36.6 Å². The van der Waals surface area contributed by atoms with E-state index in [2.05, 4.69) is 37.1 Å². The molecule has 0 radical (unpaired) electrons. The molecule has 14 heteroatoms. The number of carbonyl (C=O) groups is 2. The first-order valence-corrected chi connectivity index (χ1v) is 15.3. The van der Waals surface area contributed by atoms with Gasteiger partial charge in [0.05, 0.1) is 38.7 Å². The van der Waals surface area contributed by atoms with Crippen LogP contribution in [0.2, 0.25) is 5.02 Å². The van der Waals surface area contributed by atoms with E-state index >= 15 is 0 Å². The molecule has 2 atom stereocenters. The lowest BCUT2D eigenvalue weighted by atomic mass is 9.95. The van der Waals surface area contributed by atoms with Crippen LogP contribution in [0.25, 0.3) is 0 Å². The average Bonchev–Trinajstić information content (AvgIpc) is 3.02. The topological polar surface area (TPSA) is 149 Å². The molecule has 46 heavy (non-hydrogen) atoms. The lowest BCUT2D eigenvalue weighted by Gasteiger charge is -2.28. The lowest BCUT2D eigenvalue weighted by Crippen LogP contribution is -2.45. The van der Waals surface area contributed by atoms with Gasteiger partial charge < -0.3 is 39.4 Å². The van der Waals surface area contributed by atoms with Gasteiger partial charge in [0.2, 0.25) is 0 Å². The van der Waals surface area contributed by atoms with Crippen molar-refractivity contribution >= 4 is 45.7 Å². The van der Waals surface area contributed by atoms with Gasteiger partial charge in [0.15, 0.2) is 29.2 Å². The number of nitrogens with zero attached hydrogens (tertiary/aromatic N) is 1. The van der Waals surface area contributed by atoms with Crippen LogP contribution in [0.4, 0.5) is 4.79 Å². The summed E-state index contributed by atoms with van der Waals surface area (Å²) in [6, 6.07) is 14.7. The maximum Gasteiger partial charge on any atom is 0.337 e. The second-order valence-electron chi connectivity index (χ2n) is 9.86. The first kappa shape index (κ1) is 34.4. The maximum atomic E-state index is 12.5. The highest BCUT2D eigenvalue weighted by atomic mass is 79.9. The Balaban J connectivity index is 1.44. The highest BCUT2D eigenvalue weighted by Gasteiger charge is 2.32. The van der Waals surface area contributed by atoms with E-state index in [0.717, 1.165) is 10.0 Å². The van der Waals surface area contributed by atoms with Gasteiger partial charge in [-0.15, -0.1) is 0 Å². The smallest absolute Gasteiger partial charge is 0.337 e. The van der Waals surface area contributed by atoms with E-state index in [1.165, 1.54) is 20.4 Å². The summed E-state index contributed by atoms with van der Waals surface area (Å²) in [5, 5.41) is 20.7. The molecule has 3 aromatic carbocycles. The zero-order valence-corrected chi connectivity index (χ0v) is 27.9. The van der Waals surface area contributed by atoms with Gasteiger partial charge in [-0.2, -0.15) is 5.10 Å². The number of allylic oxidation sites excluding steroid dienone is 1. The normalized spacial score (nSPS) is 15.1. The number of aliphatic hydroxyl groups excluding tert-OH is 1. The molecule has 0 saturated carbocycles. The van der Waals surface area contributed by atoms with Crippen molar-refractivity contribution < 1.29 is 38.4 Å². The number of benzene rings is 3. The van der Waals surface area contributed by atoms with E-state index in [0.29, 0.717) is 51.5 Å². The van der Waals surface area contributed by atoms with Crippen molar-refractivity contribution in [1.82, 2.24) is 16.1 Å². The van der Waals surface area contributed by atoms with Crippen LogP contribution in [-0.4, -0.2) is 57.0 Å². The summed E-state index contributed by atoms with van der Waals surface area (Å²) in [5.41, 5.74) is 5.32. The van der Waals surface area contributed by atoms with Gasteiger partial charge in [-0.1, -0.05) is 45.7 Å². The van der Waals surface area contributed by atoms with Gasteiger partial charge in [0.25, 0.3) is 0 Å². The Kier molecular flexibility index (Phi) is 12.1. The van der Waals surface area contributed by atoms with Gasteiger partial charge >= 0.3 is 12.0 Å². The Morgan fingerprint density at radius 3 is 2.63 bits per heavy atom. The molecule has 1 heterocycles. The average molecular weight is 718 g/mol. The molecule has 1 aliphatic heterocycles. The van der Waals surface area contributed by atoms with Crippen molar-refractivity contribution in [3.8, 4) is 23.0 Å². The standard InChI is InChI=1S/C32H34BrClN4O8/c1-5-44-25-13-20(29-28(31(40)43-4)18(2)36-32(41)37-29)9-10-24(25)45-17-27(39)38-35-15-21-12-22(33)14-26(42-3)30(21)46-16-19-7-6-8-23(34)11-19/h6-15,27,29,38-39H,5,16-17H2,1-4H3,(H2,36,37,41)/b35-15+/t27-,29-/m1/s1. The Morgan fingerprint density at radius 1 is 1.11 bits per heavy atom. The fourth-order valence-electron chi connectivity index (χ4n) is 4.59. The van der Waals surface area contributed by atoms with E-state index in [9.17, 15) is 14.7 Å². The summed E-state index contributed by atoms with van der Waals surface area (Å²) in [7, 11) is 2.81. The Bertz CT molecular complexity index is 1630. The zero-order chi connectivity index (χ0) is 33.2. The number of hydrogen-bond donors (Lipinski definition) is 4. The minimum atomic E-state index is -1.20. The van der Waals surface area contributed by atoms with Crippen LogP contribution < -0.4 is 35.0 Å². The van der Waals surface area contributed by atoms with E-state index in [1.54, 1.807) is 43.3 Å². The lowest BCUT2D eigenvalue weighted by molar-refractivity contribution is -0.136. The summed E-state index contributed by atoms with van der Waals surface area (Å²) >= 11 is 9.57. The molecule has 2 amide bonds. The molecule has 244 valence electrons. The molecule has 3 aromatic rings. The van der Waals surface area contributed by atoms with Crippen molar-refractivity contribution in [3.05, 3.63) is 92.1 Å². The van der Waals surface area contributed by atoms with Crippen LogP contribution >= 0.6 is 27.5 Å². The van der Waals surface area contributed by atoms with Crippen LogP contribution in [0.3, 0.4) is 0 Å². The van der Waals surface area contributed by atoms with Crippen LogP contribution in [0, 0.1) is 0 Å². The number of hydrogen-bond acceptors (Lipinski definition) is 10. The number of hydrazone groups is 1. The third kappa shape index (κ3) is 8.83. The first-order valence-electron chi connectivity index (χ1n) is 14.1. The molecule has 0 spiro atoms. The predicted octanol–water partition coefficient (Wildman–Crippen LogP) is 5.21. The molecule has 0 unspecified atom stereocenters. The third-order valence-electron chi connectivity index (χ3n) is 6.64. The number of nitrogens with one attached hydrogen (secondary N) is 3. The van der Waals surface area contributed by atoms with E-state index in [-0.39, 0.29) is 18.8 Å². The van der Waals surface area contributed by atoms with Crippen LogP contribution in [0.5, 0.6) is 23.0 Å².